The number of nitrogens with zero attached hydrogens (tertiary/aromatic N) is 2. The summed E-state index contributed by atoms with van der Waals surface area (Å²) >= 11 is 0. The minimum Gasteiger partial charge on any atom is -0.378 e. The molecular formula is C16H24N4O. The number of para-hydroxylation sites is 1. The van der Waals surface area contributed by atoms with Crippen molar-refractivity contribution in [1.29, 1.82) is 0 Å². The van der Waals surface area contributed by atoms with Crippen LogP contribution in [0.25, 0.3) is 0 Å². The van der Waals surface area contributed by atoms with Gasteiger partial charge in [-0.05, 0) is 18.6 Å². The van der Waals surface area contributed by atoms with Gasteiger partial charge in [-0.15, -0.1) is 0 Å². The molecule has 3 N–H and O–H groups in total. The second kappa shape index (κ2) is 7.69. The van der Waals surface area contributed by atoms with Crippen LogP contribution in [-0.2, 0) is 11.3 Å². The van der Waals surface area contributed by atoms with Gasteiger partial charge in [0.25, 0.3) is 0 Å². The molecule has 1 aromatic carbocycles. The quantitative estimate of drug-likeness (QED) is 0.490. The third kappa shape index (κ3) is 4.79. The predicted octanol–water partition coefficient (Wildman–Crippen LogP) is 1.50. The minimum atomic E-state index is 0.454. The first-order chi connectivity index (χ1) is 10.2. The number of nitrogens with one attached hydrogen (secondary N) is 1. The van der Waals surface area contributed by atoms with Crippen LogP contribution < -0.4 is 16.0 Å². The van der Waals surface area contributed by atoms with Crippen molar-refractivity contribution in [3.05, 3.63) is 42.0 Å². The zero-order valence-corrected chi connectivity index (χ0v) is 12.6. The maximum atomic E-state index is 5.86. The van der Waals surface area contributed by atoms with E-state index in [-0.39, 0.29) is 0 Å². The Bertz CT molecular complexity index is 507. The Kier molecular flexibility index (Phi) is 5.63. The molecule has 0 saturated carbocycles. The Morgan fingerprint density at radius 3 is 2.81 bits per heavy atom. The number of guanidine groups is 1. The van der Waals surface area contributed by atoms with E-state index in [0.717, 1.165) is 31.9 Å². The summed E-state index contributed by atoms with van der Waals surface area (Å²) in [5.74, 6) is 0.454. The second-order valence-electron chi connectivity index (χ2n) is 5.24. The maximum Gasteiger partial charge on any atom is 0.189 e. The molecule has 0 spiro atoms. The van der Waals surface area contributed by atoms with Crippen molar-refractivity contribution >= 4 is 11.6 Å². The Balaban J connectivity index is 2.02. The molecule has 0 atom stereocenters. The molecular weight excluding hydrogens is 264 g/mol. The van der Waals surface area contributed by atoms with E-state index in [1.807, 2.05) is 13.0 Å². The first-order valence-electron chi connectivity index (χ1n) is 7.25. The van der Waals surface area contributed by atoms with Gasteiger partial charge in [0.15, 0.2) is 5.96 Å². The summed E-state index contributed by atoms with van der Waals surface area (Å²) in [6, 6.07) is 8.32. The van der Waals surface area contributed by atoms with Crippen LogP contribution in [0.4, 0.5) is 5.69 Å². The fourth-order valence-corrected chi connectivity index (χ4v) is 2.22. The molecule has 0 aromatic heterocycles. The molecule has 1 saturated heterocycles. The van der Waals surface area contributed by atoms with Crippen LogP contribution >= 0.6 is 0 Å². The van der Waals surface area contributed by atoms with Gasteiger partial charge in [-0.2, -0.15) is 0 Å². The van der Waals surface area contributed by atoms with Crippen molar-refractivity contribution in [2.24, 2.45) is 10.7 Å². The van der Waals surface area contributed by atoms with Crippen LogP contribution in [0.3, 0.4) is 0 Å². The number of rotatable bonds is 5. The van der Waals surface area contributed by atoms with Crippen molar-refractivity contribution in [1.82, 2.24) is 5.32 Å². The van der Waals surface area contributed by atoms with Crippen molar-refractivity contribution in [3.8, 4) is 0 Å². The Labute approximate surface area is 126 Å². The Morgan fingerprint density at radius 2 is 2.10 bits per heavy atom. The number of hydrogen-bond donors (Lipinski definition) is 2. The molecule has 0 radical (unpaired) electrons. The van der Waals surface area contributed by atoms with Gasteiger partial charge < -0.3 is 20.7 Å². The highest BCUT2D eigenvalue weighted by molar-refractivity contribution is 5.78. The fraction of sp³-hybridized carbons (Fsp3) is 0.438. The predicted molar refractivity (Wildman–Crippen MR) is 87.6 cm³/mol. The van der Waals surface area contributed by atoms with Gasteiger partial charge >= 0.3 is 0 Å². The molecule has 5 nitrogen and oxygen atoms in total. The fourth-order valence-electron chi connectivity index (χ4n) is 2.22. The number of nitrogens with two attached hydrogens (primary N) is 1. The average molecular weight is 288 g/mol. The lowest BCUT2D eigenvalue weighted by atomic mass is 10.1. The van der Waals surface area contributed by atoms with Crippen LogP contribution in [0.1, 0.15) is 12.5 Å². The van der Waals surface area contributed by atoms with E-state index in [4.69, 9.17) is 10.5 Å². The van der Waals surface area contributed by atoms with Crippen LogP contribution in [0, 0.1) is 0 Å². The van der Waals surface area contributed by atoms with E-state index in [1.165, 1.54) is 11.3 Å². The number of aliphatic imine (C=N–C) groups is 1. The SMILES string of the molecule is C=C(C)CNC(N)=NCc1ccccc1N1CCOCC1. The van der Waals surface area contributed by atoms with Gasteiger partial charge in [-0.3, -0.25) is 0 Å². The van der Waals surface area contributed by atoms with E-state index in [9.17, 15) is 0 Å². The van der Waals surface area contributed by atoms with Gasteiger partial charge in [0, 0.05) is 25.3 Å². The third-order valence-electron chi connectivity index (χ3n) is 3.33. The molecule has 21 heavy (non-hydrogen) atoms. The van der Waals surface area contributed by atoms with E-state index < -0.39 is 0 Å². The van der Waals surface area contributed by atoms with Crippen molar-refractivity contribution in [2.75, 3.05) is 37.7 Å². The molecule has 114 valence electrons. The Morgan fingerprint density at radius 1 is 1.38 bits per heavy atom. The number of morpholine rings is 1. The topological polar surface area (TPSA) is 62.9 Å². The summed E-state index contributed by atoms with van der Waals surface area (Å²) in [6.07, 6.45) is 0. The lowest BCUT2D eigenvalue weighted by Crippen LogP contribution is -2.36. The molecule has 0 unspecified atom stereocenters. The van der Waals surface area contributed by atoms with E-state index in [0.29, 0.717) is 19.0 Å². The molecule has 5 heteroatoms. The monoisotopic (exact) mass is 288 g/mol. The number of hydrogen-bond acceptors (Lipinski definition) is 3. The molecule has 0 bridgehead atoms. The molecule has 1 aliphatic heterocycles. The number of anilines is 1. The average Bonchev–Trinajstić information content (AvgIpc) is 2.52. The highest BCUT2D eigenvalue weighted by Gasteiger charge is 2.13. The normalized spacial score (nSPS) is 15.9. The summed E-state index contributed by atoms with van der Waals surface area (Å²) in [4.78, 5) is 6.75. The van der Waals surface area contributed by atoms with Crippen LogP contribution in [0.5, 0.6) is 0 Å². The maximum absolute atomic E-state index is 5.86. The molecule has 1 aromatic rings. The summed E-state index contributed by atoms with van der Waals surface area (Å²) in [5.41, 5.74) is 9.29. The zero-order valence-electron chi connectivity index (χ0n) is 12.6. The van der Waals surface area contributed by atoms with Crippen LogP contribution in [-0.4, -0.2) is 38.8 Å². The highest BCUT2D eigenvalue weighted by Crippen LogP contribution is 2.22. The Hall–Kier alpha value is -2.01. The minimum absolute atomic E-state index is 0.454. The molecule has 1 aliphatic rings. The highest BCUT2D eigenvalue weighted by atomic mass is 16.5. The lowest BCUT2D eigenvalue weighted by Gasteiger charge is -2.30. The molecule has 0 amide bonds. The number of ether oxygens (including phenoxy) is 1. The van der Waals surface area contributed by atoms with Crippen LogP contribution in [0.15, 0.2) is 41.4 Å². The zero-order chi connectivity index (χ0) is 15.1. The first-order valence-corrected chi connectivity index (χ1v) is 7.25. The number of benzene rings is 1. The van der Waals surface area contributed by atoms with Gasteiger partial charge in [-0.1, -0.05) is 30.4 Å². The summed E-state index contributed by atoms with van der Waals surface area (Å²) in [7, 11) is 0. The molecule has 1 heterocycles. The van der Waals surface area contributed by atoms with Gasteiger partial charge in [0.05, 0.1) is 19.8 Å². The standard InChI is InChI=1S/C16H24N4O/c1-13(2)11-18-16(17)19-12-14-5-3-4-6-15(14)20-7-9-21-10-8-20/h3-6H,1,7-12H2,2H3,(H3,17,18,19). The summed E-state index contributed by atoms with van der Waals surface area (Å²) in [6.45, 7) is 10.4. The smallest absolute Gasteiger partial charge is 0.189 e. The van der Waals surface area contributed by atoms with E-state index in [2.05, 4.69) is 40.0 Å². The molecule has 2 rings (SSSR count). The third-order valence-corrected chi connectivity index (χ3v) is 3.33. The van der Waals surface area contributed by atoms with Crippen molar-refractivity contribution in [3.63, 3.8) is 0 Å². The molecule has 0 aliphatic carbocycles. The first kappa shape index (κ1) is 15.4. The summed E-state index contributed by atoms with van der Waals surface area (Å²) < 4.78 is 5.41. The van der Waals surface area contributed by atoms with Crippen molar-refractivity contribution < 1.29 is 4.74 Å². The van der Waals surface area contributed by atoms with Crippen LogP contribution in [0.2, 0.25) is 0 Å². The van der Waals surface area contributed by atoms with E-state index in [1.54, 1.807) is 0 Å². The summed E-state index contributed by atoms with van der Waals surface area (Å²) in [5, 5.41) is 3.05. The van der Waals surface area contributed by atoms with E-state index >= 15 is 0 Å². The lowest BCUT2D eigenvalue weighted by molar-refractivity contribution is 0.122. The van der Waals surface area contributed by atoms with Gasteiger partial charge in [-0.25, -0.2) is 4.99 Å². The molecule has 1 fully saturated rings. The van der Waals surface area contributed by atoms with Gasteiger partial charge in [0.1, 0.15) is 0 Å². The second-order valence-corrected chi connectivity index (χ2v) is 5.24. The van der Waals surface area contributed by atoms with Crippen molar-refractivity contribution in [2.45, 2.75) is 13.5 Å². The largest absolute Gasteiger partial charge is 0.378 e. The van der Waals surface area contributed by atoms with Gasteiger partial charge in [0.2, 0.25) is 0 Å².